The lowest BCUT2D eigenvalue weighted by Gasteiger charge is -2.03. The number of hydrogen-bond donors (Lipinski definition) is 0. The number of benzene rings is 2. The predicted octanol–water partition coefficient (Wildman–Crippen LogP) is 1.49. The molecule has 4 rings (SSSR count). The van der Waals surface area contributed by atoms with Gasteiger partial charge in [0.25, 0.3) is 12.0 Å². The minimum atomic E-state index is 0.0182. The molecule has 2 aromatic carbocycles. The van der Waals surface area contributed by atoms with E-state index in [-0.39, 0.29) is 5.76 Å². The highest BCUT2D eigenvalue weighted by Gasteiger charge is 2.17. The molecule has 0 saturated carbocycles. The minimum Gasteiger partial charge on any atom is -0.875 e. The number of para-hydroxylation sites is 1. The van der Waals surface area contributed by atoms with Gasteiger partial charge in [-0.1, -0.05) is 60.1 Å². The van der Waals surface area contributed by atoms with Crippen molar-refractivity contribution in [3.8, 4) is 16.8 Å². The van der Waals surface area contributed by atoms with Crippen molar-refractivity contribution in [1.29, 1.82) is 0 Å². The highest BCUT2D eigenvalue weighted by atomic mass is 16.3. The second-order valence-corrected chi connectivity index (χ2v) is 5.47. The van der Waals surface area contributed by atoms with Gasteiger partial charge in [0.1, 0.15) is 6.20 Å². The predicted molar refractivity (Wildman–Crippen MR) is 86.5 cm³/mol. The lowest BCUT2D eigenvalue weighted by atomic mass is 10.1. The van der Waals surface area contributed by atoms with Crippen LogP contribution in [0.2, 0.25) is 0 Å². The van der Waals surface area contributed by atoms with Gasteiger partial charge in [-0.2, -0.15) is 4.40 Å². The van der Waals surface area contributed by atoms with Crippen LogP contribution in [-0.4, -0.2) is 9.50 Å². The maximum Gasteiger partial charge on any atom is 0.276 e. The summed E-state index contributed by atoms with van der Waals surface area (Å²) >= 11 is 0. The van der Waals surface area contributed by atoms with Crippen molar-refractivity contribution in [3.63, 3.8) is 0 Å². The number of nitrogens with zero attached hydrogens (tertiary/aromatic N) is 3. The number of rotatable bonds is 2. The Bertz CT molecular complexity index is 1020. The standard InChI is InChI=1S/C19H15N3O/c1-14(23)18-17(15-8-4-2-5-9-15)12-21-13-22(20-19(18)21)16-10-6-3-7-11-16/h2-13H,1H3. The van der Waals surface area contributed by atoms with Gasteiger partial charge in [0.2, 0.25) is 0 Å². The van der Waals surface area contributed by atoms with Crippen LogP contribution in [0.15, 0.2) is 73.2 Å². The summed E-state index contributed by atoms with van der Waals surface area (Å²) in [5.74, 6) is 0.0182. The highest BCUT2D eigenvalue weighted by Crippen LogP contribution is 2.17. The zero-order valence-electron chi connectivity index (χ0n) is 12.7. The van der Waals surface area contributed by atoms with E-state index in [1.54, 1.807) is 11.6 Å². The smallest absolute Gasteiger partial charge is 0.276 e. The molecule has 2 aromatic heterocycles. The van der Waals surface area contributed by atoms with Crippen LogP contribution in [0.3, 0.4) is 0 Å². The van der Waals surface area contributed by atoms with Crippen molar-refractivity contribution in [2.24, 2.45) is 0 Å². The third-order valence-electron chi connectivity index (χ3n) is 3.90. The van der Waals surface area contributed by atoms with Crippen molar-refractivity contribution < 1.29 is 9.79 Å². The fourth-order valence-corrected chi connectivity index (χ4v) is 2.84. The summed E-state index contributed by atoms with van der Waals surface area (Å²) in [7, 11) is 0. The van der Waals surface area contributed by atoms with Crippen LogP contribution in [-0.2, 0) is 0 Å². The fourth-order valence-electron chi connectivity index (χ4n) is 2.84. The van der Waals surface area contributed by atoms with E-state index >= 15 is 0 Å². The average molecular weight is 301 g/mol. The Labute approximate surface area is 133 Å². The van der Waals surface area contributed by atoms with Gasteiger partial charge in [-0.3, -0.25) is 0 Å². The Morgan fingerprint density at radius 2 is 1.65 bits per heavy atom. The second kappa shape index (κ2) is 5.25. The van der Waals surface area contributed by atoms with E-state index in [1.807, 2.05) is 77.6 Å². The van der Waals surface area contributed by atoms with Crippen molar-refractivity contribution in [2.45, 2.75) is 6.92 Å². The van der Waals surface area contributed by atoms with E-state index in [2.05, 4.69) is 5.10 Å². The van der Waals surface area contributed by atoms with E-state index in [0.29, 0.717) is 10.9 Å². The van der Waals surface area contributed by atoms with Gasteiger partial charge < -0.3 is 5.11 Å². The largest absolute Gasteiger partial charge is 0.875 e. The molecule has 0 bridgehead atoms. The van der Waals surface area contributed by atoms with E-state index in [4.69, 9.17) is 0 Å². The Balaban J connectivity index is 1.98. The van der Waals surface area contributed by atoms with Gasteiger partial charge in [0, 0.05) is 10.8 Å². The van der Waals surface area contributed by atoms with Gasteiger partial charge in [-0.05, 0) is 22.8 Å². The molecule has 4 nitrogen and oxygen atoms in total. The van der Waals surface area contributed by atoms with Crippen molar-refractivity contribution >= 4 is 11.4 Å². The van der Waals surface area contributed by atoms with Crippen molar-refractivity contribution in [1.82, 2.24) is 9.50 Å². The summed E-state index contributed by atoms with van der Waals surface area (Å²) in [6.45, 7) is 1.59. The first-order valence-electron chi connectivity index (χ1n) is 7.46. The van der Waals surface area contributed by atoms with Crippen LogP contribution in [0, 0.1) is 0 Å². The summed E-state index contributed by atoms with van der Waals surface area (Å²) in [6.07, 6.45) is 3.86. The molecule has 23 heavy (non-hydrogen) atoms. The summed E-state index contributed by atoms with van der Waals surface area (Å²) in [5.41, 5.74) is 3.59. The first-order valence-corrected chi connectivity index (χ1v) is 7.46. The molecule has 0 spiro atoms. The quantitative estimate of drug-likeness (QED) is 0.527. The Hall–Kier alpha value is -3.14. The van der Waals surface area contributed by atoms with Gasteiger partial charge in [0.05, 0.1) is 0 Å². The Morgan fingerprint density at radius 1 is 1.00 bits per heavy atom. The summed E-state index contributed by atoms with van der Waals surface area (Å²) in [4.78, 5) is 0. The maximum absolute atomic E-state index is 12.2. The Morgan fingerprint density at radius 3 is 2.30 bits per heavy atom. The number of aromatic nitrogens is 3. The van der Waals surface area contributed by atoms with Gasteiger partial charge in [-0.25, -0.2) is 0 Å². The molecular weight excluding hydrogens is 286 g/mol. The normalized spacial score (nSPS) is 12.6. The lowest BCUT2D eigenvalue weighted by molar-refractivity contribution is -0.655. The third kappa shape index (κ3) is 2.25. The SMILES string of the molecule is C/C([O-])=c1/c(-c2ccccc2)cn2c[n+](-c3ccccc3)nc12. The zero-order chi connectivity index (χ0) is 15.8. The molecule has 0 N–H and O–H groups in total. The molecule has 0 aliphatic heterocycles. The molecule has 0 amide bonds. The number of hydrogen-bond acceptors (Lipinski definition) is 2. The second-order valence-electron chi connectivity index (χ2n) is 5.47. The molecule has 0 aliphatic rings. The molecule has 0 fully saturated rings. The average Bonchev–Trinajstić information content (AvgIpc) is 3.13. The molecule has 0 radical (unpaired) electrons. The van der Waals surface area contributed by atoms with Crippen LogP contribution in [0.5, 0.6) is 0 Å². The molecule has 0 saturated heterocycles. The topological polar surface area (TPSA) is 44.2 Å². The van der Waals surface area contributed by atoms with Crippen LogP contribution >= 0.6 is 0 Å². The van der Waals surface area contributed by atoms with E-state index in [1.165, 1.54) is 0 Å². The van der Waals surface area contributed by atoms with Crippen LogP contribution in [0.4, 0.5) is 0 Å². The lowest BCUT2D eigenvalue weighted by Crippen LogP contribution is -2.32. The molecule has 0 unspecified atom stereocenters. The van der Waals surface area contributed by atoms with Crippen molar-refractivity contribution in [2.75, 3.05) is 0 Å². The molecule has 0 atom stereocenters. The summed E-state index contributed by atoms with van der Waals surface area (Å²) in [5, 5.41) is 17.5. The van der Waals surface area contributed by atoms with E-state index < -0.39 is 0 Å². The third-order valence-corrected chi connectivity index (χ3v) is 3.90. The van der Waals surface area contributed by atoms with Crippen molar-refractivity contribution in [3.05, 3.63) is 78.4 Å². The molecule has 4 heteroatoms. The molecule has 0 aliphatic carbocycles. The van der Waals surface area contributed by atoms with Crippen LogP contribution in [0.25, 0.3) is 28.2 Å². The summed E-state index contributed by atoms with van der Waals surface area (Å²) < 4.78 is 3.70. The monoisotopic (exact) mass is 301 g/mol. The molecule has 4 aromatic rings. The fraction of sp³-hybridized carbons (Fsp3) is 0.0526. The van der Waals surface area contributed by atoms with Crippen LogP contribution < -0.4 is 15.0 Å². The zero-order valence-corrected chi connectivity index (χ0v) is 12.7. The maximum atomic E-state index is 12.2. The molecular formula is C19H15N3O. The first kappa shape index (κ1) is 13.5. The van der Waals surface area contributed by atoms with Gasteiger partial charge >= 0.3 is 0 Å². The molecule has 112 valence electrons. The first-order chi connectivity index (χ1) is 11.2. The number of fused-ring (bicyclic) bond motifs is 1. The van der Waals surface area contributed by atoms with E-state index in [0.717, 1.165) is 16.8 Å². The highest BCUT2D eigenvalue weighted by molar-refractivity contribution is 5.72. The van der Waals surface area contributed by atoms with Gasteiger partial charge in [-0.15, -0.1) is 5.76 Å². The van der Waals surface area contributed by atoms with Gasteiger partial charge in [0.15, 0.2) is 5.69 Å². The van der Waals surface area contributed by atoms with E-state index in [9.17, 15) is 5.11 Å². The molecule has 2 heterocycles. The minimum absolute atomic E-state index is 0.0182. The summed E-state index contributed by atoms with van der Waals surface area (Å²) in [6, 6.07) is 19.8. The Kier molecular flexibility index (Phi) is 3.08. The van der Waals surface area contributed by atoms with Crippen LogP contribution in [0.1, 0.15) is 6.92 Å².